The Morgan fingerprint density at radius 1 is 1.29 bits per heavy atom. The number of carbonyl (C=O) groups excluding carboxylic acids is 1. The van der Waals surface area contributed by atoms with Gasteiger partial charge in [0.1, 0.15) is 11.6 Å². The van der Waals surface area contributed by atoms with Crippen molar-refractivity contribution in [3.63, 3.8) is 0 Å². The molecule has 2 N–H and O–H groups in total. The Morgan fingerprint density at radius 2 is 1.96 bits per heavy atom. The Balaban J connectivity index is 1.80. The SMILES string of the molecule is CC(Cc1c(F)cccc1F)NC(=O)CN1CCCC(N(C)CC(=O)O)CC1. The maximum absolute atomic E-state index is 13.7. The molecule has 1 aliphatic heterocycles. The van der Waals surface area contributed by atoms with Crippen molar-refractivity contribution in [2.75, 3.05) is 33.2 Å². The maximum atomic E-state index is 13.7. The van der Waals surface area contributed by atoms with Crippen LogP contribution in [0.4, 0.5) is 8.78 Å². The molecule has 0 saturated carbocycles. The van der Waals surface area contributed by atoms with Crippen LogP contribution >= 0.6 is 0 Å². The Hall–Kier alpha value is -2.06. The molecule has 28 heavy (non-hydrogen) atoms. The zero-order valence-corrected chi connectivity index (χ0v) is 16.5. The molecule has 1 amide bonds. The van der Waals surface area contributed by atoms with Crippen molar-refractivity contribution in [3.05, 3.63) is 35.4 Å². The monoisotopic (exact) mass is 397 g/mol. The van der Waals surface area contributed by atoms with Crippen LogP contribution in [0.2, 0.25) is 0 Å². The number of carboxylic acid groups (broad SMARTS) is 1. The summed E-state index contributed by atoms with van der Waals surface area (Å²) in [6.45, 7) is 3.43. The molecule has 2 rings (SSSR count). The number of hydrogen-bond donors (Lipinski definition) is 2. The van der Waals surface area contributed by atoms with Crippen molar-refractivity contribution in [1.29, 1.82) is 0 Å². The second-order valence-corrected chi connectivity index (χ2v) is 7.54. The Kier molecular flexibility index (Phi) is 8.32. The van der Waals surface area contributed by atoms with Gasteiger partial charge in [-0.15, -0.1) is 0 Å². The van der Waals surface area contributed by atoms with Crippen LogP contribution in [0.3, 0.4) is 0 Å². The first-order valence-electron chi connectivity index (χ1n) is 9.63. The van der Waals surface area contributed by atoms with E-state index in [2.05, 4.69) is 5.32 Å². The highest BCUT2D eigenvalue weighted by Gasteiger charge is 2.23. The highest BCUT2D eigenvalue weighted by Crippen LogP contribution is 2.16. The third-order valence-electron chi connectivity index (χ3n) is 5.14. The van der Waals surface area contributed by atoms with Crippen LogP contribution < -0.4 is 5.32 Å². The van der Waals surface area contributed by atoms with Crippen molar-refractivity contribution in [2.24, 2.45) is 0 Å². The molecule has 1 heterocycles. The summed E-state index contributed by atoms with van der Waals surface area (Å²) >= 11 is 0. The minimum absolute atomic E-state index is 0.00920. The lowest BCUT2D eigenvalue weighted by atomic mass is 10.1. The molecule has 1 aromatic rings. The molecule has 0 aliphatic carbocycles. The van der Waals surface area contributed by atoms with Crippen LogP contribution in [-0.4, -0.2) is 72.1 Å². The smallest absolute Gasteiger partial charge is 0.317 e. The number of benzene rings is 1. The Bertz CT molecular complexity index is 666. The fraction of sp³-hybridized carbons (Fsp3) is 0.600. The van der Waals surface area contributed by atoms with Gasteiger partial charge in [0.15, 0.2) is 0 Å². The van der Waals surface area contributed by atoms with Crippen LogP contribution in [0.15, 0.2) is 18.2 Å². The van der Waals surface area contributed by atoms with Crippen molar-refractivity contribution in [1.82, 2.24) is 15.1 Å². The van der Waals surface area contributed by atoms with Crippen LogP contribution in [0.5, 0.6) is 0 Å². The number of aliphatic carboxylic acids is 1. The predicted molar refractivity (Wildman–Crippen MR) is 102 cm³/mol. The number of likely N-dealkylation sites (N-methyl/N-ethyl adjacent to an activating group) is 1. The molecule has 8 heteroatoms. The zero-order valence-electron chi connectivity index (χ0n) is 16.5. The summed E-state index contributed by atoms with van der Waals surface area (Å²) in [5, 5.41) is 11.7. The Labute approximate surface area is 164 Å². The normalized spacial score (nSPS) is 19.2. The van der Waals surface area contributed by atoms with Crippen LogP contribution in [0.1, 0.15) is 31.7 Å². The molecule has 2 unspecified atom stereocenters. The summed E-state index contributed by atoms with van der Waals surface area (Å²) in [7, 11) is 1.81. The molecule has 0 spiro atoms. The van der Waals surface area contributed by atoms with Gasteiger partial charge in [-0.25, -0.2) is 8.78 Å². The number of likely N-dealkylation sites (tertiary alicyclic amines) is 1. The number of rotatable bonds is 8. The number of hydrogen-bond acceptors (Lipinski definition) is 4. The van der Waals surface area contributed by atoms with Gasteiger partial charge in [-0.2, -0.15) is 0 Å². The topological polar surface area (TPSA) is 72.9 Å². The van der Waals surface area contributed by atoms with Crippen molar-refractivity contribution >= 4 is 11.9 Å². The Morgan fingerprint density at radius 3 is 2.61 bits per heavy atom. The third-order valence-corrected chi connectivity index (χ3v) is 5.14. The molecule has 1 aromatic carbocycles. The van der Waals surface area contributed by atoms with Crippen molar-refractivity contribution < 1.29 is 23.5 Å². The average molecular weight is 397 g/mol. The van der Waals surface area contributed by atoms with Gasteiger partial charge < -0.3 is 10.4 Å². The zero-order chi connectivity index (χ0) is 20.7. The molecule has 1 fully saturated rings. The first-order valence-corrected chi connectivity index (χ1v) is 9.63. The summed E-state index contributed by atoms with van der Waals surface area (Å²) < 4.78 is 27.5. The van der Waals surface area contributed by atoms with Gasteiger partial charge in [-0.3, -0.25) is 19.4 Å². The lowest BCUT2D eigenvalue weighted by molar-refractivity contribution is -0.138. The van der Waals surface area contributed by atoms with Gasteiger partial charge >= 0.3 is 5.97 Å². The molecular formula is C20H29F2N3O3. The number of carboxylic acids is 1. The first kappa shape index (κ1) is 22.2. The molecular weight excluding hydrogens is 368 g/mol. The van der Waals surface area contributed by atoms with Crippen molar-refractivity contribution in [2.45, 2.75) is 44.7 Å². The molecule has 156 valence electrons. The van der Waals surface area contributed by atoms with Gasteiger partial charge in [-0.1, -0.05) is 6.07 Å². The summed E-state index contributed by atoms with van der Waals surface area (Å²) in [5.41, 5.74) is -0.0191. The van der Waals surface area contributed by atoms with E-state index >= 15 is 0 Å². The van der Waals surface area contributed by atoms with E-state index in [-0.39, 0.29) is 43.1 Å². The third kappa shape index (κ3) is 6.83. The van der Waals surface area contributed by atoms with E-state index < -0.39 is 17.6 Å². The van der Waals surface area contributed by atoms with E-state index in [9.17, 15) is 18.4 Å². The fourth-order valence-corrected chi connectivity index (χ4v) is 3.69. The van der Waals surface area contributed by atoms with Gasteiger partial charge in [0.2, 0.25) is 5.91 Å². The molecule has 6 nitrogen and oxygen atoms in total. The van der Waals surface area contributed by atoms with Crippen LogP contribution in [0.25, 0.3) is 0 Å². The van der Waals surface area contributed by atoms with E-state index in [1.54, 1.807) is 6.92 Å². The van der Waals surface area contributed by atoms with Crippen LogP contribution in [-0.2, 0) is 16.0 Å². The average Bonchev–Trinajstić information content (AvgIpc) is 2.83. The molecule has 1 saturated heterocycles. The number of halogens is 2. The minimum Gasteiger partial charge on any atom is -0.480 e. The van der Waals surface area contributed by atoms with E-state index in [0.29, 0.717) is 6.54 Å². The highest BCUT2D eigenvalue weighted by molar-refractivity contribution is 5.78. The minimum atomic E-state index is -0.844. The fourth-order valence-electron chi connectivity index (χ4n) is 3.69. The molecule has 0 radical (unpaired) electrons. The van der Waals surface area contributed by atoms with Gasteiger partial charge in [0.25, 0.3) is 0 Å². The second-order valence-electron chi connectivity index (χ2n) is 7.54. The molecule has 1 aliphatic rings. The highest BCUT2D eigenvalue weighted by atomic mass is 19.1. The largest absolute Gasteiger partial charge is 0.480 e. The summed E-state index contributed by atoms with van der Waals surface area (Å²) in [5.74, 6) is -2.24. The maximum Gasteiger partial charge on any atom is 0.317 e. The van der Waals surface area contributed by atoms with E-state index in [1.807, 2.05) is 16.8 Å². The van der Waals surface area contributed by atoms with E-state index in [1.165, 1.54) is 18.2 Å². The first-order chi connectivity index (χ1) is 13.3. The van der Waals surface area contributed by atoms with Gasteiger partial charge in [0.05, 0.1) is 13.1 Å². The van der Waals surface area contributed by atoms with Crippen molar-refractivity contribution in [3.8, 4) is 0 Å². The quantitative estimate of drug-likeness (QED) is 0.701. The number of nitrogens with zero attached hydrogens (tertiary/aromatic N) is 2. The van der Waals surface area contributed by atoms with E-state index in [4.69, 9.17) is 5.11 Å². The lowest BCUT2D eigenvalue weighted by Crippen LogP contribution is -2.42. The lowest BCUT2D eigenvalue weighted by Gasteiger charge is -2.25. The second kappa shape index (κ2) is 10.5. The molecule has 0 aromatic heterocycles. The summed E-state index contributed by atoms with van der Waals surface area (Å²) in [6, 6.07) is 3.54. The molecule has 0 bridgehead atoms. The number of amides is 1. The predicted octanol–water partition coefficient (Wildman–Crippen LogP) is 1.88. The van der Waals surface area contributed by atoms with E-state index in [0.717, 1.165) is 25.8 Å². The molecule has 2 atom stereocenters. The standard InChI is InChI=1S/C20H29F2N3O3/c1-14(11-16-17(21)6-3-7-18(16)22)23-19(26)12-25-9-4-5-15(8-10-25)24(2)13-20(27)28/h3,6-7,14-15H,4-5,8-13H2,1-2H3,(H,23,26)(H,27,28). The van der Waals surface area contributed by atoms with Crippen LogP contribution in [0, 0.1) is 11.6 Å². The summed E-state index contributed by atoms with van der Waals surface area (Å²) in [6.07, 6.45) is 2.67. The van der Waals surface area contributed by atoms with Gasteiger partial charge in [0, 0.05) is 24.2 Å². The summed E-state index contributed by atoms with van der Waals surface area (Å²) in [4.78, 5) is 27.1. The number of nitrogens with one attached hydrogen (secondary N) is 1. The number of carbonyl (C=O) groups is 2. The van der Waals surface area contributed by atoms with Gasteiger partial charge in [-0.05, 0) is 58.3 Å².